The molecule has 0 spiro atoms. The molecule has 0 atom stereocenters. The summed E-state index contributed by atoms with van der Waals surface area (Å²) in [5.74, 6) is 0.765. The molecule has 1 aromatic carbocycles. The van der Waals surface area contributed by atoms with Gasteiger partial charge in [-0.05, 0) is 31.5 Å². The lowest BCUT2D eigenvalue weighted by Crippen LogP contribution is -2.36. The average Bonchev–Trinajstić information content (AvgIpc) is 2.93. The van der Waals surface area contributed by atoms with Crippen molar-refractivity contribution in [2.45, 2.75) is 26.9 Å². The standard InChI is InChI=1S/C18H21N5S/c1-12-13(2)24-17(23-12)11-22-18(19-3)21-10-14-8-9-20-16-7-5-4-6-15(14)16/h4-9H,10-11H2,1-3H3,(H2,19,21,22). The van der Waals surface area contributed by atoms with E-state index >= 15 is 0 Å². The van der Waals surface area contributed by atoms with Gasteiger partial charge in [-0.15, -0.1) is 11.3 Å². The number of hydrogen-bond acceptors (Lipinski definition) is 4. The molecule has 6 heteroatoms. The van der Waals surface area contributed by atoms with Gasteiger partial charge in [-0.2, -0.15) is 0 Å². The van der Waals surface area contributed by atoms with Crippen LogP contribution in [0.1, 0.15) is 21.1 Å². The highest BCUT2D eigenvalue weighted by Gasteiger charge is 2.06. The summed E-state index contributed by atoms with van der Waals surface area (Å²) in [6, 6.07) is 10.2. The number of fused-ring (bicyclic) bond motifs is 1. The summed E-state index contributed by atoms with van der Waals surface area (Å²) in [6.07, 6.45) is 1.84. The predicted octanol–water partition coefficient (Wildman–Crippen LogP) is 3.17. The first kappa shape index (κ1) is 16.4. The molecule has 0 amide bonds. The summed E-state index contributed by atoms with van der Waals surface area (Å²) in [7, 11) is 1.78. The second kappa shape index (κ2) is 7.40. The molecular formula is C18H21N5S. The molecule has 3 rings (SSSR count). The number of thiazole rings is 1. The fraction of sp³-hybridized carbons (Fsp3) is 0.278. The molecule has 0 saturated heterocycles. The SMILES string of the molecule is CN=C(NCc1nc(C)c(C)s1)NCc1ccnc2ccccc12. The molecule has 2 N–H and O–H groups in total. The van der Waals surface area contributed by atoms with Crippen molar-refractivity contribution in [2.24, 2.45) is 4.99 Å². The van der Waals surface area contributed by atoms with Crippen molar-refractivity contribution < 1.29 is 0 Å². The molecule has 2 aromatic heterocycles. The average molecular weight is 339 g/mol. The summed E-state index contributed by atoms with van der Waals surface area (Å²) in [4.78, 5) is 14.5. The number of pyridine rings is 1. The van der Waals surface area contributed by atoms with E-state index in [9.17, 15) is 0 Å². The molecule has 3 aromatic rings. The van der Waals surface area contributed by atoms with Gasteiger partial charge in [0.2, 0.25) is 0 Å². The Balaban J connectivity index is 1.63. The zero-order chi connectivity index (χ0) is 16.9. The summed E-state index contributed by atoms with van der Waals surface area (Å²) < 4.78 is 0. The fourth-order valence-electron chi connectivity index (χ4n) is 2.48. The monoisotopic (exact) mass is 339 g/mol. The molecule has 0 aliphatic heterocycles. The molecule has 0 aliphatic rings. The number of aromatic nitrogens is 2. The molecule has 0 aliphatic carbocycles. The van der Waals surface area contributed by atoms with Crippen LogP contribution < -0.4 is 10.6 Å². The van der Waals surface area contributed by atoms with Crippen molar-refractivity contribution >= 4 is 28.2 Å². The van der Waals surface area contributed by atoms with Crippen LogP contribution >= 0.6 is 11.3 Å². The molecule has 124 valence electrons. The highest BCUT2D eigenvalue weighted by molar-refractivity contribution is 7.11. The third-order valence-electron chi connectivity index (χ3n) is 3.89. The first-order valence-corrected chi connectivity index (χ1v) is 8.69. The van der Waals surface area contributed by atoms with Crippen LogP contribution in [0.5, 0.6) is 0 Å². The van der Waals surface area contributed by atoms with Crippen molar-refractivity contribution in [2.75, 3.05) is 7.05 Å². The van der Waals surface area contributed by atoms with Crippen molar-refractivity contribution in [3.8, 4) is 0 Å². The third kappa shape index (κ3) is 3.71. The van der Waals surface area contributed by atoms with Gasteiger partial charge in [0.1, 0.15) is 5.01 Å². The Kier molecular flexibility index (Phi) is 5.05. The highest BCUT2D eigenvalue weighted by Crippen LogP contribution is 2.17. The van der Waals surface area contributed by atoms with Crippen LogP contribution in [0.3, 0.4) is 0 Å². The molecule has 2 heterocycles. The lowest BCUT2D eigenvalue weighted by molar-refractivity contribution is 0.805. The Bertz CT molecular complexity index is 844. The highest BCUT2D eigenvalue weighted by atomic mass is 32.1. The maximum absolute atomic E-state index is 4.54. The summed E-state index contributed by atoms with van der Waals surface area (Å²) in [5.41, 5.74) is 3.31. The number of guanidine groups is 1. The van der Waals surface area contributed by atoms with E-state index in [1.807, 2.05) is 37.4 Å². The Labute approximate surface area is 145 Å². The molecular weight excluding hydrogens is 318 g/mol. The maximum Gasteiger partial charge on any atom is 0.191 e. The molecule has 0 unspecified atom stereocenters. The Hall–Kier alpha value is -2.47. The lowest BCUT2D eigenvalue weighted by atomic mass is 10.1. The predicted molar refractivity (Wildman–Crippen MR) is 100 cm³/mol. The van der Waals surface area contributed by atoms with Crippen LogP contribution in [0.4, 0.5) is 0 Å². The number of hydrogen-bond donors (Lipinski definition) is 2. The topological polar surface area (TPSA) is 62.2 Å². The first-order chi connectivity index (χ1) is 11.7. The van der Waals surface area contributed by atoms with Gasteiger partial charge >= 0.3 is 0 Å². The van der Waals surface area contributed by atoms with Gasteiger partial charge < -0.3 is 10.6 Å². The Morgan fingerprint density at radius 1 is 1.12 bits per heavy atom. The van der Waals surface area contributed by atoms with Crippen LogP contribution in [0, 0.1) is 13.8 Å². The molecule has 24 heavy (non-hydrogen) atoms. The Morgan fingerprint density at radius 2 is 1.92 bits per heavy atom. The van der Waals surface area contributed by atoms with E-state index in [1.165, 1.54) is 10.4 Å². The number of aryl methyl sites for hydroxylation is 2. The minimum Gasteiger partial charge on any atom is -0.352 e. The van der Waals surface area contributed by atoms with Crippen molar-refractivity contribution in [1.82, 2.24) is 20.6 Å². The molecule has 0 fully saturated rings. The number of nitrogens with one attached hydrogen (secondary N) is 2. The summed E-state index contributed by atoms with van der Waals surface area (Å²) in [5, 5.41) is 8.91. The van der Waals surface area contributed by atoms with Gasteiger partial charge in [-0.1, -0.05) is 18.2 Å². The largest absolute Gasteiger partial charge is 0.352 e. The fourth-order valence-corrected chi connectivity index (χ4v) is 3.36. The Morgan fingerprint density at radius 3 is 2.67 bits per heavy atom. The van der Waals surface area contributed by atoms with Crippen molar-refractivity contribution in [1.29, 1.82) is 0 Å². The van der Waals surface area contributed by atoms with Crippen LogP contribution in [0.15, 0.2) is 41.5 Å². The van der Waals surface area contributed by atoms with Crippen LogP contribution in [0.2, 0.25) is 0 Å². The van der Waals surface area contributed by atoms with E-state index in [-0.39, 0.29) is 0 Å². The van der Waals surface area contributed by atoms with Gasteiger partial charge in [0.25, 0.3) is 0 Å². The maximum atomic E-state index is 4.54. The second-order valence-corrected chi connectivity index (χ2v) is 6.80. The van der Waals surface area contributed by atoms with E-state index in [2.05, 4.69) is 38.6 Å². The van der Waals surface area contributed by atoms with Gasteiger partial charge in [0.15, 0.2) is 5.96 Å². The minimum atomic E-state index is 0.677. The lowest BCUT2D eigenvalue weighted by Gasteiger charge is -2.12. The smallest absolute Gasteiger partial charge is 0.191 e. The van der Waals surface area contributed by atoms with Gasteiger partial charge in [-0.3, -0.25) is 9.98 Å². The molecule has 0 radical (unpaired) electrons. The molecule has 5 nitrogen and oxygen atoms in total. The van der Waals surface area contributed by atoms with Crippen LogP contribution in [0.25, 0.3) is 10.9 Å². The zero-order valence-electron chi connectivity index (χ0n) is 14.1. The minimum absolute atomic E-state index is 0.677. The number of rotatable bonds is 4. The van der Waals surface area contributed by atoms with Gasteiger partial charge in [-0.25, -0.2) is 4.98 Å². The summed E-state index contributed by atoms with van der Waals surface area (Å²) >= 11 is 1.72. The van der Waals surface area contributed by atoms with E-state index in [1.54, 1.807) is 18.4 Å². The summed E-state index contributed by atoms with van der Waals surface area (Å²) in [6.45, 7) is 5.50. The van der Waals surface area contributed by atoms with Gasteiger partial charge in [0, 0.05) is 30.1 Å². The van der Waals surface area contributed by atoms with E-state index in [0.29, 0.717) is 13.1 Å². The van der Waals surface area contributed by atoms with Crippen molar-refractivity contribution in [3.63, 3.8) is 0 Å². The van der Waals surface area contributed by atoms with Crippen LogP contribution in [-0.4, -0.2) is 23.0 Å². The number of aliphatic imine (C=N–C) groups is 1. The first-order valence-electron chi connectivity index (χ1n) is 7.87. The molecule has 0 saturated carbocycles. The quantitative estimate of drug-likeness (QED) is 0.566. The molecule has 0 bridgehead atoms. The van der Waals surface area contributed by atoms with Crippen molar-refractivity contribution in [3.05, 3.63) is 57.7 Å². The number of nitrogens with zero attached hydrogens (tertiary/aromatic N) is 3. The second-order valence-electron chi connectivity index (χ2n) is 5.52. The zero-order valence-corrected chi connectivity index (χ0v) is 14.9. The van der Waals surface area contributed by atoms with E-state index in [0.717, 1.165) is 27.6 Å². The third-order valence-corrected chi connectivity index (χ3v) is 4.96. The number of benzene rings is 1. The normalized spacial score (nSPS) is 11.7. The number of para-hydroxylation sites is 1. The van der Waals surface area contributed by atoms with E-state index in [4.69, 9.17) is 0 Å². The van der Waals surface area contributed by atoms with Gasteiger partial charge in [0.05, 0.1) is 17.8 Å². The van der Waals surface area contributed by atoms with E-state index < -0.39 is 0 Å². The van der Waals surface area contributed by atoms with Crippen LogP contribution in [-0.2, 0) is 13.1 Å².